The van der Waals surface area contributed by atoms with Crippen molar-refractivity contribution in [1.29, 1.82) is 0 Å². The maximum absolute atomic E-state index is 11.6. The number of nitrogens with zero attached hydrogens (tertiary/aromatic N) is 4. The van der Waals surface area contributed by atoms with Crippen molar-refractivity contribution >= 4 is 17.0 Å². The van der Waals surface area contributed by atoms with Crippen LogP contribution in [0.2, 0.25) is 0 Å². The summed E-state index contributed by atoms with van der Waals surface area (Å²) >= 11 is 0. The molecule has 2 aromatic rings. The second kappa shape index (κ2) is 6.67. The molecule has 0 amide bonds. The third-order valence-corrected chi connectivity index (χ3v) is 3.43. The molecule has 114 valence electrons. The summed E-state index contributed by atoms with van der Waals surface area (Å²) in [6.45, 7) is 7.99. The topological polar surface area (TPSA) is 60.2 Å². The quantitative estimate of drug-likeness (QED) is 0.757. The Balaban J connectivity index is 2.14. The van der Waals surface area contributed by atoms with Crippen LogP contribution in [0.1, 0.15) is 25.1 Å². The average Bonchev–Trinajstić information content (AvgIpc) is 2.73. The van der Waals surface area contributed by atoms with E-state index in [1.807, 2.05) is 38.9 Å². The molecule has 0 spiro atoms. The lowest BCUT2D eigenvalue weighted by atomic mass is 10.2. The van der Waals surface area contributed by atoms with Gasteiger partial charge in [-0.1, -0.05) is 6.92 Å². The third-order valence-electron chi connectivity index (χ3n) is 3.43. The molecule has 0 aliphatic carbocycles. The minimum absolute atomic E-state index is 0.189. The average molecular weight is 290 g/mol. The molecule has 0 saturated heterocycles. The number of carbonyl (C=O) groups excluding carboxylic acids is 1. The molecule has 0 N–H and O–H groups in total. The van der Waals surface area contributed by atoms with Gasteiger partial charge in [0.1, 0.15) is 0 Å². The van der Waals surface area contributed by atoms with Gasteiger partial charge in [-0.05, 0) is 32.0 Å². The molecule has 0 atom stereocenters. The van der Waals surface area contributed by atoms with Gasteiger partial charge >= 0.3 is 5.97 Å². The van der Waals surface area contributed by atoms with E-state index < -0.39 is 0 Å². The number of pyridine rings is 1. The molecule has 2 heterocycles. The molecule has 0 aliphatic heterocycles. The van der Waals surface area contributed by atoms with E-state index >= 15 is 0 Å². The summed E-state index contributed by atoms with van der Waals surface area (Å²) in [7, 11) is 1.89. The summed E-state index contributed by atoms with van der Waals surface area (Å²) in [6.07, 6.45) is 1.84. The van der Waals surface area contributed by atoms with Crippen LogP contribution in [0.5, 0.6) is 0 Å². The molecule has 6 heteroatoms. The van der Waals surface area contributed by atoms with Gasteiger partial charge in [0.25, 0.3) is 0 Å². The van der Waals surface area contributed by atoms with E-state index in [2.05, 4.69) is 16.1 Å². The molecule has 2 aromatic heterocycles. The zero-order chi connectivity index (χ0) is 15.4. The van der Waals surface area contributed by atoms with Crippen LogP contribution < -0.4 is 0 Å². The van der Waals surface area contributed by atoms with Crippen molar-refractivity contribution in [2.24, 2.45) is 7.05 Å². The van der Waals surface area contributed by atoms with Crippen molar-refractivity contribution in [3.8, 4) is 0 Å². The Morgan fingerprint density at radius 2 is 2.19 bits per heavy atom. The second-order valence-corrected chi connectivity index (χ2v) is 5.03. The molecule has 21 heavy (non-hydrogen) atoms. The van der Waals surface area contributed by atoms with Gasteiger partial charge in [0.2, 0.25) is 0 Å². The highest BCUT2D eigenvalue weighted by Crippen LogP contribution is 2.17. The van der Waals surface area contributed by atoms with Crippen LogP contribution in [-0.4, -0.2) is 45.3 Å². The number of fused-ring (bicyclic) bond motifs is 1. The number of aromatic nitrogens is 3. The molecule has 0 saturated carbocycles. The number of carbonyl (C=O) groups is 1. The standard InChI is InChI=1S/C15H22N4O2/c1-5-19(10-14(20)21-6-2)9-12-7-13-11(3)17-18(4)15(13)16-8-12/h7-8H,5-6,9-10H2,1-4H3. The van der Waals surface area contributed by atoms with E-state index in [4.69, 9.17) is 4.74 Å². The summed E-state index contributed by atoms with van der Waals surface area (Å²) in [5, 5.41) is 5.43. The number of likely N-dealkylation sites (N-methyl/N-ethyl adjacent to an activating group) is 1. The van der Waals surface area contributed by atoms with Gasteiger partial charge in [-0.3, -0.25) is 14.4 Å². The van der Waals surface area contributed by atoms with E-state index in [9.17, 15) is 4.79 Å². The lowest BCUT2D eigenvalue weighted by Gasteiger charge is -2.19. The van der Waals surface area contributed by atoms with Crippen molar-refractivity contribution in [2.45, 2.75) is 27.3 Å². The maximum Gasteiger partial charge on any atom is 0.320 e. The number of hydrogen-bond donors (Lipinski definition) is 0. The molecule has 0 radical (unpaired) electrons. The molecule has 0 bridgehead atoms. The Morgan fingerprint density at radius 3 is 2.86 bits per heavy atom. The Morgan fingerprint density at radius 1 is 1.43 bits per heavy atom. The summed E-state index contributed by atoms with van der Waals surface area (Å²) in [5.74, 6) is -0.189. The summed E-state index contributed by atoms with van der Waals surface area (Å²) in [6, 6.07) is 2.10. The number of hydrogen-bond acceptors (Lipinski definition) is 5. The first-order valence-electron chi connectivity index (χ1n) is 7.21. The highest BCUT2D eigenvalue weighted by molar-refractivity contribution is 5.78. The Hall–Kier alpha value is -1.95. The fourth-order valence-corrected chi connectivity index (χ4v) is 2.36. The van der Waals surface area contributed by atoms with Gasteiger partial charge in [-0.15, -0.1) is 0 Å². The Kier molecular flexibility index (Phi) is 4.90. The molecule has 0 fully saturated rings. The third kappa shape index (κ3) is 3.58. The first kappa shape index (κ1) is 15.4. The van der Waals surface area contributed by atoms with Crippen molar-refractivity contribution < 1.29 is 9.53 Å². The minimum Gasteiger partial charge on any atom is -0.465 e. The van der Waals surface area contributed by atoms with Gasteiger partial charge in [-0.25, -0.2) is 4.98 Å². The Labute approximate surface area is 124 Å². The van der Waals surface area contributed by atoms with Crippen molar-refractivity contribution in [3.05, 3.63) is 23.5 Å². The van der Waals surface area contributed by atoms with Gasteiger partial charge < -0.3 is 4.74 Å². The van der Waals surface area contributed by atoms with Crippen LogP contribution in [-0.2, 0) is 23.1 Å². The fraction of sp³-hybridized carbons (Fsp3) is 0.533. The summed E-state index contributed by atoms with van der Waals surface area (Å²) in [4.78, 5) is 18.1. The lowest BCUT2D eigenvalue weighted by Crippen LogP contribution is -2.30. The van der Waals surface area contributed by atoms with Crippen molar-refractivity contribution in [2.75, 3.05) is 19.7 Å². The highest BCUT2D eigenvalue weighted by Gasteiger charge is 2.12. The lowest BCUT2D eigenvalue weighted by molar-refractivity contribution is -0.144. The van der Waals surface area contributed by atoms with E-state index in [1.165, 1.54) is 0 Å². The molecule has 2 rings (SSSR count). The van der Waals surface area contributed by atoms with Crippen molar-refractivity contribution in [3.63, 3.8) is 0 Å². The normalized spacial score (nSPS) is 11.3. The van der Waals surface area contributed by atoms with Crippen LogP contribution in [0.25, 0.3) is 11.0 Å². The van der Waals surface area contributed by atoms with E-state index in [0.717, 1.165) is 28.8 Å². The van der Waals surface area contributed by atoms with E-state index in [-0.39, 0.29) is 5.97 Å². The SMILES string of the molecule is CCOC(=O)CN(CC)Cc1cnc2c(c1)c(C)nn2C. The smallest absolute Gasteiger partial charge is 0.320 e. The zero-order valence-electron chi connectivity index (χ0n) is 13.1. The number of aryl methyl sites for hydroxylation is 2. The first-order valence-corrected chi connectivity index (χ1v) is 7.21. The van der Waals surface area contributed by atoms with Crippen LogP contribution in [0.4, 0.5) is 0 Å². The molecular formula is C15H22N4O2. The maximum atomic E-state index is 11.6. The van der Waals surface area contributed by atoms with Crippen LogP contribution in [0, 0.1) is 6.92 Å². The first-order chi connectivity index (χ1) is 10.0. The van der Waals surface area contributed by atoms with Gasteiger partial charge in [0, 0.05) is 25.2 Å². The van der Waals surface area contributed by atoms with Gasteiger partial charge in [0.15, 0.2) is 5.65 Å². The fourth-order valence-electron chi connectivity index (χ4n) is 2.36. The predicted molar refractivity (Wildman–Crippen MR) is 80.8 cm³/mol. The largest absolute Gasteiger partial charge is 0.465 e. The van der Waals surface area contributed by atoms with Crippen LogP contribution >= 0.6 is 0 Å². The van der Waals surface area contributed by atoms with Crippen LogP contribution in [0.15, 0.2) is 12.3 Å². The molecule has 0 unspecified atom stereocenters. The molecular weight excluding hydrogens is 268 g/mol. The summed E-state index contributed by atoms with van der Waals surface area (Å²) < 4.78 is 6.78. The minimum atomic E-state index is -0.189. The highest BCUT2D eigenvalue weighted by atomic mass is 16.5. The zero-order valence-corrected chi connectivity index (χ0v) is 13.1. The number of rotatable bonds is 6. The number of ether oxygens (including phenoxy) is 1. The summed E-state index contributed by atoms with van der Waals surface area (Å²) in [5.41, 5.74) is 2.92. The molecule has 0 aromatic carbocycles. The van der Waals surface area contributed by atoms with Gasteiger partial charge in [0.05, 0.1) is 18.8 Å². The molecule has 0 aliphatic rings. The van der Waals surface area contributed by atoms with Gasteiger partial charge in [-0.2, -0.15) is 5.10 Å². The van der Waals surface area contributed by atoms with E-state index in [1.54, 1.807) is 4.68 Å². The number of esters is 1. The van der Waals surface area contributed by atoms with E-state index in [0.29, 0.717) is 19.7 Å². The van der Waals surface area contributed by atoms with Crippen LogP contribution in [0.3, 0.4) is 0 Å². The second-order valence-electron chi connectivity index (χ2n) is 5.03. The monoisotopic (exact) mass is 290 g/mol. The van der Waals surface area contributed by atoms with Crippen molar-refractivity contribution in [1.82, 2.24) is 19.7 Å². The Bertz CT molecular complexity index is 636. The molecule has 6 nitrogen and oxygen atoms in total. The predicted octanol–water partition coefficient (Wildman–Crippen LogP) is 1.66.